The molecule has 0 saturated carbocycles. The number of fused-ring (bicyclic) bond motifs is 2. The van der Waals surface area contributed by atoms with Crippen molar-refractivity contribution in [3.05, 3.63) is 46.5 Å². The van der Waals surface area contributed by atoms with E-state index in [0.29, 0.717) is 54.0 Å². The molecule has 0 bridgehead atoms. The maximum absolute atomic E-state index is 11.9. The van der Waals surface area contributed by atoms with Crippen LogP contribution < -0.4 is 9.05 Å². The van der Waals surface area contributed by atoms with E-state index in [4.69, 9.17) is 67.1 Å². The number of hydrogen-bond acceptors (Lipinski definition) is 14. The first-order valence-corrected chi connectivity index (χ1v) is 19.1. The summed E-state index contributed by atoms with van der Waals surface area (Å²) in [7, 11) is 0. The molecule has 44 heavy (non-hydrogen) atoms. The molecular weight excluding hydrogens is 674 g/mol. The first-order chi connectivity index (χ1) is 20.9. The molecule has 4 rings (SSSR count). The fourth-order valence-electron chi connectivity index (χ4n) is 3.55. The molecular formula is C25H35ClN6O8P2S2. The van der Waals surface area contributed by atoms with Gasteiger partial charge in [0.15, 0.2) is 11.3 Å². The van der Waals surface area contributed by atoms with Crippen molar-refractivity contribution in [2.45, 2.75) is 48.5 Å². The van der Waals surface area contributed by atoms with Gasteiger partial charge in [0.1, 0.15) is 5.02 Å². The van der Waals surface area contributed by atoms with Crippen molar-refractivity contribution in [3.63, 3.8) is 0 Å². The Morgan fingerprint density at radius 2 is 1.50 bits per heavy atom. The lowest BCUT2D eigenvalue weighted by molar-refractivity contribution is 0.0524. The summed E-state index contributed by atoms with van der Waals surface area (Å²) in [6, 6.07) is 3.43. The molecule has 0 unspecified atom stereocenters. The Bertz CT molecular complexity index is 1670. The quantitative estimate of drug-likeness (QED) is 0.107. The normalized spacial score (nSPS) is 11.8. The summed E-state index contributed by atoms with van der Waals surface area (Å²) in [6.07, 6.45) is 3.20. The van der Waals surface area contributed by atoms with Crippen LogP contribution in [0.15, 0.2) is 24.5 Å². The summed E-state index contributed by atoms with van der Waals surface area (Å²) in [6.45, 7) is 8.62. The molecule has 0 fully saturated rings. The van der Waals surface area contributed by atoms with Crippen LogP contribution in [-0.4, -0.2) is 68.2 Å². The lowest BCUT2D eigenvalue weighted by Gasteiger charge is -2.19. The molecule has 0 N–H and O–H groups in total. The van der Waals surface area contributed by atoms with Crippen LogP contribution in [0.5, 0.6) is 11.8 Å². The van der Waals surface area contributed by atoms with E-state index in [0.717, 1.165) is 5.69 Å². The predicted octanol–water partition coefficient (Wildman–Crippen LogP) is 6.26. The number of hydrogen-bond donors (Lipinski definition) is 0. The second kappa shape index (κ2) is 16.3. The average Bonchev–Trinajstić information content (AvgIpc) is 3.48. The smallest absolute Gasteiger partial charge is 0.381 e. The van der Waals surface area contributed by atoms with Crippen molar-refractivity contribution < 1.29 is 36.7 Å². The van der Waals surface area contributed by atoms with Gasteiger partial charge in [0.25, 0.3) is 5.88 Å². The summed E-state index contributed by atoms with van der Waals surface area (Å²) < 4.78 is 41.0. The number of halogens is 1. The van der Waals surface area contributed by atoms with Crippen LogP contribution in [-0.2, 0) is 46.4 Å². The van der Waals surface area contributed by atoms with Gasteiger partial charge in [0.2, 0.25) is 5.88 Å². The van der Waals surface area contributed by atoms with Gasteiger partial charge in [-0.2, -0.15) is 0 Å². The topological polar surface area (TPSA) is 142 Å². The van der Waals surface area contributed by atoms with E-state index in [-0.39, 0.29) is 18.4 Å². The maximum atomic E-state index is 11.9. The minimum atomic E-state index is -2.91. The Morgan fingerprint density at radius 1 is 0.909 bits per heavy atom. The zero-order valence-electron chi connectivity index (χ0n) is 25.4. The second-order valence-electron chi connectivity index (χ2n) is 8.43. The van der Waals surface area contributed by atoms with Crippen LogP contribution in [0.4, 0.5) is 0 Å². The third-order valence-corrected chi connectivity index (χ3v) is 10.4. The van der Waals surface area contributed by atoms with E-state index in [2.05, 4.69) is 20.2 Å². The minimum Gasteiger partial charge on any atom is -0.462 e. The fraction of sp³-hybridized carbons (Fsp3) is 0.480. The van der Waals surface area contributed by atoms with Gasteiger partial charge in [-0.3, -0.25) is 18.1 Å². The Hall–Kier alpha value is -2.26. The summed E-state index contributed by atoms with van der Waals surface area (Å²) >= 11 is 16.8. The number of nitrogens with zero attached hydrogens (tertiary/aromatic N) is 6. The molecule has 4 heterocycles. The highest BCUT2D eigenvalue weighted by atomic mass is 35.5. The summed E-state index contributed by atoms with van der Waals surface area (Å²) in [4.78, 5) is 20.4. The monoisotopic (exact) mass is 708 g/mol. The SMILES string of the molecule is CCOC(=O)c1cn2nc(OP(=S)(OCC)OCC)cc2nc1C.CCOP(=S)(OCC)Oc1nn2c(C)ccnc2c1Cl. The third-order valence-electron chi connectivity index (χ3n) is 5.29. The molecule has 0 aliphatic rings. The van der Waals surface area contributed by atoms with Crippen LogP contribution in [0.1, 0.15) is 56.4 Å². The first kappa shape index (κ1) is 36.2. The number of rotatable bonds is 14. The van der Waals surface area contributed by atoms with E-state index >= 15 is 0 Å². The van der Waals surface area contributed by atoms with Crippen LogP contribution in [0.2, 0.25) is 5.02 Å². The highest BCUT2D eigenvalue weighted by Gasteiger charge is 2.26. The van der Waals surface area contributed by atoms with E-state index in [1.807, 2.05) is 40.7 Å². The van der Waals surface area contributed by atoms with Crippen molar-refractivity contribution in [1.82, 2.24) is 29.2 Å². The fourth-order valence-corrected chi connectivity index (χ4v) is 7.80. The second-order valence-corrected chi connectivity index (χ2v) is 14.7. The number of carbonyl (C=O) groups excluding carboxylic acids is 1. The first-order valence-electron chi connectivity index (χ1n) is 13.6. The van der Waals surface area contributed by atoms with Gasteiger partial charge in [0.05, 0.1) is 44.3 Å². The molecule has 0 radical (unpaired) electrons. The molecule has 242 valence electrons. The van der Waals surface area contributed by atoms with Gasteiger partial charge in [-0.25, -0.2) is 23.8 Å². The van der Waals surface area contributed by atoms with Gasteiger partial charge < -0.3 is 13.8 Å². The van der Waals surface area contributed by atoms with Crippen LogP contribution in [0, 0.1) is 13.8 Å². The average molecular weight is 709 g/mol. The summed E-state index contributed by atoms with van der Waals surface area (Å²) in [5, 5.41) is 8.79. The molecule has 0 atom stereocenters. The van der Waals surface area contributed by atoms with Crippen LogP contribution in [0.25, 0.3) is 11.3 Å². The van der Waals surface area contributed by atoms with Crippen molar-refractivity contribution in [3.8, 4) is 11.8 Å². The van der Waals surface area contributed by atoms with E-state index < -0.39 is 19.4 Å². The number of esters is 1. The number of ether oxygens (including phenoxy) is 1. The number of carbonyl (C=O) groups is 1. The Morgan fingerprint density at radius 3 is 2.05 bits per heavy atom. The largest absolute Gasteiger partial charge is 0.462 e. The predicted molar refractivity (Wildman–Crippen MR) is 173 cm³/mol. The highest BCUT2D eigenvalue weighted by Crippen LogP contribution is 2.51. The molecule has 0 aliphatic carbocycles. The zero-order chi connectivity index (χ0) is 32.5. The maximum Gasteiger partial charge on any atom is 0.381 e. The molecule has 0 aliphatic heterocycles. The van der Waals surface area contributed by atoms with Crippen LogP contribution in [0.3, 0.4) is 0 Å². The summed E-state index contributed by atoms with van der Waals surface area (Å²) in [5.41, 5.74) is 2.80. The van der Waals surface area contributed by atoms with Gasteiger partial charge in [-0.15, -0.1) is 10.2 Å². The number of aryl methyl sites for hydroxylation is 2. The van der Waals surface area contributed by atoms with E-state index in [1.54, 1.807) is 36.8 Å². The molecule has 0 saturated heterocycles. The molecule has 14 nitrogen and oxygen atoms in total. The molecule has 0 spiro atoms. The minimum absolute atomic E-state index is 0.179. The lowest BCUT2D eigenvalue weighted by Crippen LogP contribution is -2.10. The lowest BCUT2D eigenvalue weighted by atomic mass is 10.2. The van der Waals surface area contributed by atoms with Gasteiger partial charge in [-0.1, -0.05) is 11.6 Å². The third kappa shape index (κ3) is 9.15. The van der Waals surface area contributed by atoms with E-state index in [1.165, 1.54) is 4.52 Å². The standard InChI is InChI=1S/C14H20N3O5PS.C11H15ClN3O3PS/c1-5-19-14(18)11-9-17-12(15-10(11)4)8-13(16-17)22-23(24,20-6-2)21-7-3;1-4-16-19(20,17-5-2)18-11-9(12)10-13-7-6-8(3)15(10)14-11/h8-9H,5-7H2,1-4H3;6-7H,4-5H2,1-3H3. The summed E-state index contributed by atoms with van der Waals surface area (Å²) in [5.74, 6) is -0.0389. The molecule has 19 heteroatoms. The zero-order valence-corrected chi connectivity index (χ0v) is 29.6. The van der Waals surface area contributed by atoms with Crippen LogP contribution >= 0.6 is 25.0 Å². The Kier molecular flexibility index (Phi) is 13.5. The molecule has 0 amide bonds. The van der Waals surface area contributed by atoms with Crippen molar-refractivity contribution in [1.29, 1.82) is 0 Å². The highest BCUT2D eigenvalue weighted by molar-refractivity contribution is 8.08. The molecule has 4 aromatic heterocycles. The van der Waals surface area contributed by atoms with Crippen molar-refractivity contribution in [2.75, 3.05) is 33.0 Å². The van der Waals surface area contributed by atoms with E-state index in [9.17, 15) is 4.79 Å². The van der Waals surface area contributed by atoms with Crippen molar-refractivity contribution in [2.24, 2.45) is 0 Å². The Balaban J connectivity index is 0.000000244. The number of aromatic nitrogens is 6. The van der Waals surface area contributed by atoms with Gasteiger partial charge in [-0.05, 0) is 54.5 Å². The molecule has 0 aromatic carbocycles. The Labute approximate surface area is 270 Å². The van der Waals surface area contributed by atoms with Gasteiger partial charge >= 0.3 is 19.4 Å². The van der Waals surface area contributed by atoms with Gasteiger partial charge in [0, 0.05) is 47.8 Å². The van der Waals surface area contributed by atoms with Crippen molar-refractivity contribution >= 4 is 65.9 Å². The molecule has 4 aromatic rings.